The molecule has 3 aromatic heterocycles. The molecule has 38 heavy (non-hydrogen) atoms. The van der Waals surface area contributed by atoms with Crippen LogP contribution in [0.5, 0.6) is 0 Å². The zero-order chi connectivity index (χ0) is 27.0. The van der Waals surface area contributed by atoms with Crippen LogP contribution in [0.15, 0.2) is 34.3 Å². The highest BCUT2D eigenvalue weighted by molar-refractivity contribution is 8.00. The molecule has 5 N–H and O–H groups in total. The van der Waals surface area contributed by atoms with Gasteiger partial charge in [-0.1, -0.05) is 16.5 Å². The SMILES string of the molecule is CO/N=C(\C(=O)N[C@@H]1C(=O)N2C(C(=O)O)=C(C[n+]3cc4scc(CNC=O)n4c3)CS[C@H]12)c1nsc(N)n1. The van der Waals surface area contributed by atoms with Crippen molar-refractivity contribution in [3.8, 4) is 0 Å². The van der Waals surface area contributed by atoms with Crippen molar-refractivity contribution in [1.29, 1.82) is 0 Å². The Morgan fingerprint density at radius 1 is 1.45 bits per heavy atom. The first-order valence-electron chi connectivity index (χ1n) is 10.9. The van der Waals surface area contributed by atoms with Crippen molar-refractivity contribution in [2.45, 2.75) is 24.5 Å². The number of nitrogen functional groups attached to an aromatic ring is 1. The van der Waals surface area contributed by atoms with Crippen LogP contribution in [0.4, 0.5) is 5.13 Å². The van der Waals surface area contributed by atoms with Crippen LogP contribution in [-0.4, -0.2) is 77.9 Å². The number of nitrogens with two attached hydrogens (primary N) is 1. The fraction of sp³-hybridized carbons (Fsp3) is 0.300. The number of hydrogen-bond acceptors (Lipinski definition) is 12. The van der Waals surface area contributed by atoms with Gasteiger partial charge >= 0.3 is 5.97 Å². The first-order chi connectivity index (χ1) is 18.3. The molecule has 3 amide bonds. The number of aliphatic carboxylic acids is 1. The fourth-order valence-electron chi connectivity index (χ4n) is 4.13. The van der Waals surface area contributed by atoms with Crippen LogP contribution >= 0.6 is 34.6 Å². The van der Waals surface area contributed by atoms with Crippen LogP contribution in [0.25, 0.3) is 4.83 Å². The van der Waals surface area contributed by atoms with Crippen LogP contribution in [0.2, 0.25) is 0 Å². The first kappa shape index (κ1) is 25.6. The van der Waals surface area contributed by atoms with E-state index in [2.05, 4.69) is 25.1 Å². The minimum atomic E-state index is -1.23. The molecule has 2 aliphatic heterocycles. The lowest BCUT2D eigenvalue weighted by Crippen LogP contribution is -2.71. The molecule has 2 atom stereocenters. The second kappa shape index (κ2) is 10.4. The minimum Gasteiger partial charge on any atom is -0.477 e. The van der Waals surface area contributed by atoms with Gasteiger partial charge in [-0.15, -0.1) is 11.8 Å². The average Bonchev–Trinajstić information content (AvgIpc) is 3.60. The van der Waals surface area contributed by atoms with Crippen molar-refractivity contribution in [1.82, 2.24) is 29.3 Å². The summed E-state index contributed by atoms with van der Waals surface area (Å²) in [6.45, 7) is 0.607. The maximum Gasteiger partial charge on any atom is 0.352 e. The molecular weight excluding hydrogens is 558 g/mol. The van der Waals surface area contributed by atoms with E-state index >= 15 is 0 Å². The highest BCUT2D eigenvalue weighted by Crippen LogP contribution is 2.40. The largest absolute Gasteiger partial charge is 0.477 e. The van der Waals surface area contributed by atoms with Crippen molar-refractivity contribution in [3.05, 3.63) is 40.7 Å². The van der Waals surface area contributed by atoms with Gasteiger partial charge in [-0.3, -0.25) is 19.3 Å². The molecule has 15 nitrogen and oxygen atoms in total. The van der Waals surface area contributed by atoms with Crippen molar-refractivity contribution in [2.24, 2.45) is 5.16 Å². The summed E-state index contributed by atoms with van der Waals surface area (Å²) in [5, 5.41) is 20.3. The van der Waals surface area contributed by atoms with E-state index in [1.165, 1.54) is 35.1 Å². The molecule has 0 radical (unpaired) electrons. The van der Waals surface area contributed by atoms with Gasteiger partial charge in [0.15, 0.2) is 5.13 Å². The van der Waals surface area contributed by atoms with Gasteiger partial charge in [-0.2, -0.15) is 13.8 Å². The minimum absolute atomic E-state index is 0.0465. The summed E-state index contributed by atoms with van der Waals surface area (Å²) in [6.07, 6.45) is 4.31. The molecule has 3 aromatic rings. The van der Waals surface area contributed by atoms with E-state index in [9.17, 15) is 24.3 Å². The van der Waals surface area contributed by atoms with Crippen LogP contribution in [0.3, 0.4) is 0 Å². The highest BCUT2D eigenvalue weighted by atomic mass is 32.2. The number of thioether (sulfide) groups is 1. The first-order valence-corrected chi connectivity index (χ1v) is 13.6. The number of anilines is 1. The van der Waals surface area contributed by atoms with Gasteiger partial charge in [0.25, 0.3) is 11.8 Å². The predicted octanol–water partition coefficient (Wildman–Crippen LogP) is -1.24. The molecule has 1 saturated heterocycles. The normalized spacial score (nSPS) is 19.2. The maximum absolute atomic E-state index is 13.0. The number of nitrogens with one attached hydrogen (secondary N) is 2. The Labute approximate surface area is 226 Å². The number of carboxylic acid groups (broad SMARTS) is 1. The number of carbonyl (C=O) groups excluding carboxylic acids is 3. The van der Waals surface area contributed by atoms with Gasteiger partial charge in [0.1, 0.15) is 42.7 Å². The second-order valence-corrected chi connectivity index (χ2v) is 10.8. The highest BCUT2D eigenvalue weighted by Gasteiger charge is 2.54. The Morgan fingerprint density at radius 3 is 2.95 bits per heavy atom. The molecule has 0 spiro atoms. The Morgan fingerprint density at radius 2 is 2.26 bits per heavy atom. The smallest absolute Gasteiger partial charge is 0.352 e. The lowest BCUT2D eigenvalue weighted by atomic mass is 10.0. The molecule has 0 unspecified atom stereocenters. The monoisotopic (exact) mass is 578 g/mol. The summed E-state index contributed by atoms with van der Waals surface area (Å²) < 4.78 is 7.69. The van der Waals surface area contributed by atoms with Crippen molar-refractivity contribution >= 4 is 74.5 Å². The third-order valence-corrected chi connectivity index (χ3v) is 8.55. The van der Waals surface area contributed by atoms with Crippen molar-refractivity contribution < 1.29 is 33.7 Å². The zero-order valence-corrected chi connectivity index (χ0v) is 22.0. The van der Waals surface area contributed by atoms with Crippen LogP contribution in [0, 0.1) is 0 Å². The maximum atomic E-state index is 13.0. The Kier molecular flexibility index (Phi) is 7.00. The Hall–Kier alpha value is -4.03. The van der Waals surface area contributed by atoms with Gasteiger partial charge in [-0.05, 0) is 0 Å². The van der Waals surface area contributed by atoms with Crippen molar-refractivity contribution in [3.63, 3.8) is 0 Å². The number of hydrogen-bond donors (Lipinski definition) is 4. The molecule has 0 saturated carbocycles. The van der Waals surface area contributed by atoms with Gasteiger partial charge in [0, 0.05) is 28.2 Å². The van der Waals surface area contributed by atoms with E-state index in [1.807, 2.05) is 26.9 Å². The zero-order valence-electron chi connectivity index (χ0n) is 19.6. The van der Waals surface area contributed by atoms with E-state index < -0.39 is 29.2 Å². The molecule has 0 bridgehead atoms. The van der Waals surface area contributed by atoms with Crippen molar-refractivity contribution in [2.75, 3.05) is 18.6 Å². The third-order valence-electron chi connectivity index (χ3n) is 5.73. The molecule has 18 heteroatoms. The number of thiazole rings is 1. The number of β-lactam (4-membered cyclic amide) rings is 1. The van der Waals surface area contributed by atoms with E-state index in [0.717, 1.165) is 22.1 Å². The lowest BCUT2D eigenvalue weighted by molar-refractivity contribution is -0.687. The number of rotatable bonds is 10. The third kappa shape index (κ3) is 4.56. The van der Waals surface area contributed by atoms with Gasteiger partial charge in [0.05, 0.1) is 6.54 Å². The van der Waals surface area contributed by atoms with Gasteiger partial charge < -0.3 is 26.3 Å². The number of oxime groups is 1. The second-order valence-electron chi connectivity index (χ2n) is 8.05. The molecule has 1 fully saturated rings. The Bertz CT molecular complexity index is 1510. The van der Waals surface area contributed by atoms with Crippen LogP contribution in [-0.2, 0) is 37.1 Å². The molecule has 5 heterocycles. The van der Waals surface area contributed by atoms with Gasteiger partial charge in [-0.25, -0.2) is 9.36 Å². The average molecular weight is 579 g/mol. The summed E-state index contributed by atoms with van der Waals surface area (Å²) in [4.78, 5) is 59.5. The van der Waals surface area contributed by atoms with Crippen LogP contribution < -0.4 is 20.9 Å². The number of carboxylic acids is 1. The summed E-state index contributed by atoms with van der Waals surface area (Å²) in [6, 6.07) is -0.971. The molecule has 0 aliphatic carbocycles. The molecule has 5 rings (SSSR count). The van der Waals surface area contributed by atoms with E-state index in [1.54, 1.807) is 0 Å². The van der Waals surface area contributed by atoms with Gasteiger partial charge in [0.2, 0.25) is 29.1 Å². The Balaban J connectivity index is 1.34. The summed E-state index contributed by atoms with van der Waals surface area (Å²) >= 11 is 3.71. The quantitative estimate of drug-likeness (QED) is 0.0742. The number of carbonyl (C=O) groups is 4. The number of imidazole rings is 1. The summed E-state index contributed by atoms with van der Waals surface area (Å²) in [7, 11) is 1.25. The molecule has 2 aliphatic rings. The van der Waals surface area contributed by atoms with E-state index in [4.69, 9.17) is 10.6 Å². The topological polar surface area (TPSA) is 197 Å². The van der Waals surface area contributed by atoms with E-state index in [-0.39, 0.29) is 28.9 Å². The number of amides is 3. The number of fused-ring (bicyclic) bond motifs is 2. The van der Waals surface area contributed by atoms with E-state index in [0.29, 0.717) is 24.3 Å². The fourth-order valence-corrected chi connectivity index (χ4v) is 6.83. The predicted molar refractivity (Wildman–Crippen MR) is 136 cm³/mol. The van der Waals surface area contributed by atoms with Crippen LogP contribution in [0.1, 0.15) is 11.5 Å². The standard InChI is InChI=1S/C20H19N9O6S3/c1-35-25-12(15-24-20(21)38-26-15)16(31)23-13-17(32)29-14(19(33)34)9(5-37-18(13)29)3-27-4-11-28(8-27)10(6-36-11)2-22-7-30/h4,6-8,13,18H,2-3,5H2,1H3,(H4-,21,22,23,24,26,30,31,33,34)/p+1/b25-12-/t13-,18-/m1/s1. The number of nitrogens with zero attached hydrogens (tertiary/aromatic N) is 6. The molecule has 0 aromatic carbocycles. The summed E-state index contributed by atoms with van der Waals surface area (Å²) in [5.41, 5.74) is 6.66. The lowest BCUT2D eigenvalue weighted by Gasteiger charge is -2.49. The molecule has 198 valence electrons. The summed E-state index contributed by atoms with van der Waals surface area (Å²) in [5.74, 6) is -2.25. The molecular formula is C20H20N9O6S3+. The number of aromatic nitrogens is 4.